The number of nitrogens with two attached hydrogens (primary N) is 1. The van der Waals surface area contributed by atoms with Gasteiger partial charge in [-0.1, -0.05) is 0 Å². The number of aromatic nitrogens is 1. The highest BCUT2D eigenvalue weighted by Gasteiger charge is 2.34. The van der Waals surface area contributed by atoms with Crippen LogP contribution in [0.1, 0.15) is 35.7 Å². The number of benzene rings is 1. The molecule has 2 aromatic rings. The van der Waals surface area contributed by atoms with E-state index in [9.17, 15) is 24.2 Å². The topological polar surface area (TPSA) is 109 Å². The second kappa shape index (κ2) is 5.66. The fourth-order valence-corrected chi connectivity index (χ4v) is 3.57. The van der Waals surface area contributed by atoms with Crippen molar-refractivity contribution in [2.75, 3.05) is 23.7 Å². The van der Waals surface area contributed by atoms with E-state index < -0.39 is 45.8 Å². The third-order valence-electron chi connectivity index (χ3n) is 5.01. The second-order valence-corrected chi connectivity index (χ2v) is 6.82. The standard InChI is InChI=1S/C17H17F2N3O4/c18-11-13(20)10-14(12(19)15(11)21-4-3-8(23)5-21)22(7-1-2-7)6-9(16(10)24)17(25)26/h6-8,23H,1-5,20H2,(H,25,26). The first-order chi connectivity index (χ1) is 12.3. The largest absolute Gasteiger partial charge is 0.477 e. The van der Waals surface area contributed by atoms with Crippen LogP contribution in [-0.4, -0.2) is 39.9 Å². The third kappa shape index (κ3) is 2.34. The Balaban J connectivity index is 2.09. The maximum Gasteiger partial charge on any atom is 0.341 e. The van der Waals surface area contributed by atoms with Crippen molar-refractivity contribution in [2.45, 2.75) is 31.4 Å². The fraction of sp³-hybridized carbons (Fsp3) is 0.412. The summed E-state index contributed by atoms with van der Waals surface area (Å²) in [5.74, 6) is -3.54. The molecule has 1 aromatic heterocycles. The average molecular weight is 365 g/mol. The minimum Gasteiger partial charge on any atom is -0.477 e. The molecule has 1 unspecified atom stereocenters. The number of pyridine rings is 1. The Morgan fingerprint density at radius 3 is 2.46 bits per heavy atom. The van der Waals surface area contributed by atoms with E-state index in [2.05, 4.69) is 0 Å². The molecule has 1 atom stereocenters. The summed E-state index contributed by atoms with van der Waals surface area (Å²) >= 11 is 0. The number of hydrogen-bond donors (Lipinski definition) is 3. The van der Waals surface area contributed by atoms with Gasteiger partial charge in [0, 0.05) is 25.3 Å². The van der Waals surface area contributed by atoms with Crippen LogP contribution in [0.15, 0.2) is 11.0 Å². The molecule has 138 valence electrons. The van der Waals surface area contributed by atoms with Gasteiger partial charge in [0.2, 0.25) is 5.43 Å². The molecule has 0 bridgehead atoms. The van der Waals surface area contributed by atoms with E-state index in [1.54, 1.807) is 0 Å². The first-order valence-corrected chi connectivity index (χ1v) is 8.32. The lowest BCUT2D eigenvalue weighted by atomic mass is 10.1. The Morgan fingerprint density at radius 1 is 1.23 bits per heavy atom. The Kier molecular flexibility index (Phi) is 3.65. The van der Waals surface area contributed by atoms with Crippen molar-refractivity contribution in [1.82, 2.24) is 4.57 Å². The molecular weight excluding hydrogens is 348 g/mol. The van der Waals surface area contributed by atoms with Crippen LogP contribution in [0.4, 0.5) is 20.2 Å². The van der Waals surface area contributed by atoms with Gasteiger partial charge >= 0.3 is 5.97 Å². The maximum atomic E-state index is 15.3. The van der Waals surface area contributed by atoms with Crippen molar-refractivity contribution in [1.29, 1.82) is 0 Å². The molecule has 4 N–H and O–H groups in total. The van der Waals surface area contributed by atoms with Crippen LogP contribution in [0.2, 0.25) is 0 Å². The summed E-state index contributed by atoms with van der Waals surface area (Å²) in [6, 6.07) is -0.160. The number of β-amino-alcohol motifs (C(OH)–C–C–N with tert-alkyl or cyclic N) is 1. The molecular formula is C17H17F2N3O4. The molecule has 2 heterocycles. The lowest BCUT2D eigenvalue weighted by Gasteiger charge is -2.23. The van der Waals surface area contributed by atoms with Gasteiger partial charge in [-0.15, -0.1) is 0 Å². The third-order valence-corrected chi connectivity index (χ3v) is 5.01. The van der Waals surface area contributed by atoms with Gasteiger partial charge in [-0.2, -0.15) is 0 Å². The van der Waals surface area contributed by atoms with Crippen molar-refractivity contribution in [3.63, 3.8) is 0 Å². The fourth-order valence-electron chi connectivity index (χ4n) is 3.57. The lowest BCUT2D eigenvalue weighted by Crippen LogP contribution is -2.26. The highest BCUT2D eigenvalue weighted by molar-refractivity contribution is 5.99. The van der Waals surface area contributed by atoms with Gasteiger partial charge in [0.25, 0.3) is 0 Å². The molecule has 7 nitrogen and oxygen atoms in total. The number of nitrogen functional groups attached to an aromatic ring is 1. The number of hydrogen-bond acceptors (Lipinski definition) is 5. The number of aliphatic hydroxyl groups excluding tert-OH is 1. The van der Waals surface area contributed by atoms with E-state index in [-0.39, 0.29) is 30.3 Å². The predicted molar refractivity (Wildman–Crippen MR) is 90.6 cm³/mol. The van der Waals surface area contributed by atoms with Crippen LogP contribution >= 0.6 is 0 Å². The molecule has 0 spiro atoms. The zero-order valence-electron chi connectivity index (χ0n) is 13.7. The summed E-state index contributed by atoms with van der Waals surface area (Å²) in [5.41, 5.74) is 3.10. The lowest BCUT2D eigenvalue weighted by molar-refractivity contribution is 0.0694. The number of carbonyl (C=O) groups is 1. The summed E-state index contributed by atoms with van der Waals surface area (Å²) in [6.45, 7) is 0.306. The van der Waals surface area contributed by atoms with Gasteiger partial charge in [0.15, 0.2) is 11.6 Å². The number of rotatable bonds is 3. The molecule has 2 aliphatic rings. The summed E-state index contributed by atoms with van der Waals surface area (Å²) in [6.07, 6.45) is 2.17. The molecule has 1 aliphatic heterocycles. The van der Waals surface area contributed by atoms with Crippen LogP contribution in [0, 0.1) is 11.6 Å². The van der Waals surface area contributed by atoms with Crippen molar-refractivity contribution >= 4 is 28.2 Å². The summed E-state index contributed by atoms with van der Waals surface area (Å²) < 4.78 is 31.5. The zero-order chi connectivity index (χ0) is 18.7. The Morgan fingerprint density at radius 2 is 1.92 bits per heavy atom. The van der Waals surface area contributed by atoms with Crippen LogP contribution in [0.25, 0.3) is 10.9 Å². The van der Waals surface area contributed by atoms with E-state index in [1.807, 2.05) is 0 Å². The van der Waals surface area contributed by atoms with Gasteiger partial charge in [0.1, 0.15) is 11.3 Å². The van der Waals surface area contributed by atoms with Gasteiger partial charge in [0.05, 0.1) is 22.7 Å². The van der Waals surface area contributed by atoms with Crippen LogP contribution < -0.4 is 16.1 Å². The first-order valence-electron chi connectivity index (χ1n) is 8.32. The minimum atomic E-state index is -1.47. The van der Waals surface area contributed by atoms with Crippen LogP contribution in [-0.2, 0) is 0 Å². The second-order valence-electron chi connectivity index (χ2n) is 6.82. The van der Waals surface area contributed by atoms with Crippen molar-refractivity contribution in [2.24, 2.45) is 0 Å². The molecule has 0 radical (unpaired) electrons. The van der Waals surface area contributed by atoms with Crippen molar-refractivity contribution < 1.29 is 23.8 Å². The molecule has 4 rings (SSSR count). The van der Waals surface area contributed by atoms with Gasteiger partial charge < -0.3 is 25.4 Å². The number of aliphatic hydroxyl groups is 1. The summed E-state index contributed by atoms with van der Waals surface area (Å²) in [4.78, 5) is 25.2. The minimum absolute atomic E-state index is 0.0552. The number of halogens is 2. The smallest absolute Gasteiger partial charge is 0.341 e. The Bertz CT molecular complexity index is 1000. The van der Waals surface area contributed by atoms with E-state index in [0.717, 1.165) is 6.20 Å². The zero-order valence-corrected chi connectivity index (χ0v) is 13.7. The van der Waals surface area contributed by atoms with E-state index >= 15 is 4.39 Å². The number of fused-ring (bicyclic) bond motifs is 1. The van der Waals surface area contributed by atoms with Gasteiger partial charge in [-0.05, 0) is 19.3 Å². The first kappa shape index (κ1) is 16.8. The monoisotopic (exact) mass is 365 g/mol. The quantitative estimate of drug-likeness (QED) is 0.711. The average Bonchev–Trinajstić information content (AvgIpc) is 3.34. The van der Waals surface area contributed by atoms with Gasteiger partial charge in [-0.25, -0.2) is 13.6 Å². The normalized spacial score (nSPS) is 20.1. The number of carboxylic acid groups (broad SMARTS) is 1. The number of anilines is 2. The number of aromatic carboxylic acids is 1. The maximum absolute atomic E-state index is 15.3. The highest BCUT2D eigenvalue weighted by atomic mass is 19.1. The van der Waals surface area contributed by atoms with Crippen molar-refractivity contribution in [3.05, 3.63) is 33.6 Å². The summed E-state index contributed by atoms with van der Waals surface area (Å²) in [7, 11) is 0. The number of nitrogens with zero attached hydrogens (tertiary/aromatic N) is 2. The molecule has 1 aromatic carbocycles. The van der Waals surface area contributed by atoms with E-state index in [1.165, 1.54) is 9.47 Å². The Hall–Kier alpha value is -2.68. The molecule has 1 saturated carbocycles. The van der Waals surface area contributed by atoms with E-state index in [4.69, 9.17) is 5.73 Å². The van der Waals surface area contributed by atoms with Crippen LogP contribution in [0.3, 0.4) is 0 Å². The molecule has 1 saturated heterocycles. The number of carboxylic acids is 1. The molecule has 1 aliphatic carbocycles. The molecule has 9 heteroatoms. The van der Waals surface area contributed by atoms with Gasteiger partial charge in [-0.3, -0.25) is 4.79 Å². The predicted octanol–water partition coefficient (Wildman–Crippen LogP) is 1.47. The van der Waals surface area contributed by atoms with Crippen LogP contribution in [0.5, 0.6) is 0 Å². The molecule has 2 fully saturated rings. The highest BCUT2D eigenvalue weighted by Crippen LogP contribution is 2.42. The molecule has 0 amide bonds. The van der Waals surface area contributed by atoms with Crippen molar-refractivity contribution in [3.8, 4) is 0 Å². The Labute approximate surface area is 146 Å². The SMILES string of the molecule is Nc1c(F)c(N2CCC(O)C2)c(F)c2c1c(=O)c(C(=O)O)cn2C1CC1. The molecule has 26 heavy (non-hydrogen) atoms. The summed E-state index contributed by atoms with van der Waals surface area (Å²) in [5, 5.41) is 18.5. The van der Waals surface area contributed by atoms with E-state index in [0.29, 0.717) is 19.3 Å².